The molecular weight excluding hydrogens is 2010 g/mol. The fraction of sp³-hybridized carbons (Fsp3) is 0.517. The van der Waals surface area contributed by atoms with E-state index >= 15 is 0 Å². The molecular formula is C60H117I3N8O2VY8-13. The molecule has 0 aromatic carbocycles. The summed E-state index contributed by atoms with van der Waals surface area (Å²) in [4.78, 5) is 27.7. The number of quaternary nitrogens is 1. The van der Waals surface area contributed by atoms with Gasteiger partial charge in [0, 0.05) is 293 Å². The first kappa shape index (κ1) is 138. The summed E-state index contributed by atoms with van der Waals surface area (Å²) in [5.74, 6) is 0.811. The molecule has 472 valence electrons. The van der Waals surface area contributed by atoms with Gasteiger partial charge in [-0.05, 0) is 97.7 Å². The molecule has 8 radical (unpaired) electrons. The van der Waals surface area contributed by atoms with Gasteiger partial charge in [-0.1, -0.05) is 51.5 Å². The van der Waals surface area contributed by atoms with E-state index in [1.165, 1.54) is 28.5 Å². The largest absolute Gasteiger partial charge is 0 e. The number of hydrogen-bond acceptors (Lipinski definition) is 8. The number of nitrogens with zero attached hydrogens (tertiary/aromatic N) is 5. The number of halogens is 3. The average molecular weight is 2130 g/mol. The Morgan fingerprint density at radius 2 is 0.890 bits per heavy atom. The van der Waals surface area contributed by atoms with Crippen molar-refractivity contribution in [3.05, 3.63) is 171 Å². The number of allylic oxidation sites excluding steroid dienone is 5. The molecule has 0 saturated heterocycles. The molecule has 3 N–H and O–H groups in total. The van der Waals surface area contributed by atoms with Crippen molar-refractivity contribution < 1.29 is 287 Å². The topological polar surface area (TPSA) is 78.6 Å². The summed E-state index contributed by atoms with van der Waals surface area (Å²) in [6, 6.07) is 0.510. The molecule has 0 amide bonds. The zero-order chi connectivity index (χ0) is 60.3. The molecule has 0 heterocycles. The van der Waals surface area contributed by atoms with Crippen molar-refractivity contribution in [1.29, 1.82) is 0 Å². The summed E-state index contributed by atoms with van der Waals surface area (Å²) in [5.41, 5.74) is 3.92. The summed E-state index contributed by atoms with van der Waals surface area (Å²) in [7, 11) is 0. The van der Waals surface area contributed by atoms with E-state index in [0.29, 0.717) is 12.0 Å². The van der Waals surface area contributed by atoms with E-state index in [2.05, 4.69) is 282 Å². The van der Waals surface area contributed by atoms with Crippen molar-refractivity contribution in [2.75, 3.05) is 105 Å². The fourth-order valence-corrected chi connectivity index (χ4v) is 4.28. The summed E-state index contributed by atoms with van der Waals surface area (Å²) < 4.78 is 2.14. The predicted octanol–water partition coefficient (Wildman–Crippen LogP) is 12.3. The molecule has 0 saturated carbocycles. The van der Waals surface area contributed by atoms with E-state index in [1.807, 2.05) is 35.9 Å². The van der Waals surface area contributed by atoms with Crippen LogP contribution in [-0.2, 0) is 276 Å². The molecule has 0 spiro atoms. The summed E-state index contributed by atoms with van der Waals surface area (Å²) in [5, 5.41) is 5.78. The van der Waals surface area contributed by atoms with Crippen LogP contribution in [0.15, 0.2) is 60.3 Å². The molecule has 0 fully saturated rings. The van der Waals surface area contributed by atoms with Crippen LogP contribution in [0.1, 0.15) is 84.0 Å². The van der Waals surface area contributed by atoms with Crippen LogP contribution in [0.2, 0.25) is 0 Å². The monoisotopic (exact) mass is 2120 g/mol. The van der Waals surface area contributed by atoms with Gasteiger partial charge in [0.25, 0.3) is 0 Å². The number of carbonyl (C=O) groups excluding carboxylic acids is 2. The van der Waals surface area contributed by atoms with Crippen molar-refractivity contribution in [1.82, 2.24) is 30.2 Å². The maximum atomic E-state index is 9.50. The van der Waals surface area contributed by atoms with Crippen LogP contribution in [0, 0.1) is 123 Å². The molecule has 0 aromatic heterocycles. The Morgan fingerprint density at radius 3 is 1.02 bits per heavy atom. The van der Waals surface area contributed by atoms with Crippen LogP contribution < -0.4 is 15.5 Å². The number of carbonyl (C=O) groups is 2. The van der Waals surface area contributed by atoms with E-state index in [1.54, 1.807) is 6.20 Å². The summed E-state index contributed by atoms with van der Waals surface area (Å²) in [6.07, 6.45) is 17.0. The predicted molar refractivity (Wildman–Crippen MR) is 361 cm³/mol. The van der Waals surface area contributed by atoms with Crippen molar-refractivity contribution in [2.45, 2.75) is 88.6 Å². The van der Waals surface area contributed by atoms with Crippen LogP contribution in [0.25, 0.3) is 0 Å². The molecule has 1 unspecified atom stereocenters. The number of rotatable bonds is 26. The molecule has 0 aromatic rings. The SMILES string of the molecule is C=CN(C[CH2-])C[CH2-].CC(C)C=O.CC=O.[CH2-]CN(/C=C/C=C(C)C)C[CH2-].[CH2-]CN(C=C(C)C)C[CH2-].[CH2-]CN(C[CH2-])C(CC=[N+](C[CH2-])C[CH2-])C(C)C.[CH2-]CNC[CH2-].[CH2-]CNC[CH2-].[CH2-]C[NH+](C=C(C)C)C[CH2-].[H+].[I][V]([I])[I].[Y].[Y].[Y].[Y].[Y].[Y].[Y].[Y]. The molecule has 0 rings (SSSR count). The van der Waals surface area contributed by atoms with Crippen LogP contribution in [0.4, 0.5) is 0 Å². The maximum Gasteiger partial charge on any atom is 0 e. The van der Waals surface area contributed by atoms with Gasteiger partial charge in [0.05, 0.1) is 6.20 Å². The van der Waals surface area contributed by atoms with Gasteiger partial charge in [0.2, 0.25) is 0 Å². The minimum absolute atomic E-state index is 0. The van der Waals surface area contributed by atoms with E-state index < -0.39 is 0 Å². The smallest absolute Gasteiger partial charge is 0 e. The molecule has 0 aliphatic rings. The third-order valence-electron chi connectivity index (χ3n) is 8.26. The number of aldehydes is 2. The van der Waals surface area contributed by atoms with Gasteiger partial charge in [0.15, 0.2) is 0 Å². The molecule has 0 bridgehead atoms. The Hall–Kier alpha value is 8.56. The van der Waals surface area contributed by atoms with Crippen molar-refractivity contribution in [3.8, 4) is 0 Å². The first-order valence-electron chi connectivity index (χ1n) is 25.2. The number of nitrogens with one attached hydrogen (secondary N) is 3. The molecule has 0 aliphatic carbocycles. The molecule has 22 heteroatoms. The second-order valence-corrected chi connectivity index (χ2v) is 51.4. The van der Waals surface area contributed by atoms with E-state index in [-0.39, 0.29) is 274 Å². The first-order chi connectivity index (χ1) is 34.8. The van der Waals surface area contributed by atoms with E-state index in [4.69, 9.17) is 4.79 Å². The molecule has 0 aliphatic heterocycles. The van der Waals surface area contributed by atoms with Gasteiger partial charge in [-0.25, -0.2) is 0 Å². The zero-order valence-corrected chi connectivity index (χ0v) is 84.8. The third kappa shape index (κ3) is 149. The van der Waals surface area contributed by atoms with Crippen LogP contribution >= 0.6 is 59.9 Å². The van der Waals surface area contributed by atoms with E-state index in [0.717, 1.165) is 124 Å². The van der Waals surface area contributed by atoms with Gasteiger partial charge in [-0.3, -0.25) is 32.3 Å². The Balaban J connectivity index is -0.0000000329. The van der Waals surface area contributed by atoms with Crippen molar-refractivity contribution in [3.63, 3.8) is 0 Å². The summed E-state index contributed by atoms with van der Waals surface area (Å²) in [6.45, 7) is 98.1. The Labute approximate surface area is 757 Å². The zero-order valence-electron chi connectivity index (χ0n) is 55.2. The molecule has 10 nitrogen and oxygen atoms in total. The fourth-order valence-electron chi connectivity index (χ4n) is 4.28. The van der Waals surface area contributed by atoms with Gasteiger partial charge >= 0.3 is 66.3 Å². The third-order valence-corrected chi connectivity index (χ3v) is 8.26. The quantitative estimate of drug-likeness (QED) is 0.0197. The minimum Gasteiger partial charge on any atom is 0 e. The van der Waals surface area contributed by atoms with Gasteiger partial charge in [0.1, 0.15) is 18.8 Å². The van der Waals surface area contributed by atoms with Gasteiger partial charge in [-0.15, -0.1) is 78.5 Å². The second kappa shape index (κ2) is 123. The molecule has 1 atom stereocenters. The second-order valence-electron chi connectivity index (χ2n) is 16.1. The normalized spacial score (nSPS) is 8.87. The van der Waals surface area contributed by atoms with Crippen molar-refractivity contribution >= 4 is 78.7 Å². The Morgan fingerprint density at radius 1 is 0.573 bits per heavy atom. The van der Waals surface area contributed by atoms with Gasteiger partial charge in [-0.2, -0.15) is 0 Å². The van der Waals surface area contributed by atoms with Gasteiger partial charge < -0.3 is 128 Å². The van der Waals surface area contributed by atoms with Crippen LogP contribution in [0.5, 0.6) is 0 Å². The Kier molecular flexibility index (Phi) is 207. The minimum atomic E-state index is -0.278. The average Bonchev–Trinajstić information content (AvgIpc) is 3.36. The standard InChI is InChI=1S/C14H27N2.C10H17N.2C8H15N.C6H11N.2C4H9N.C4H8O.C2H4O.3HI.V.8Y/c1-7-15(8-2)12-11-14(13(5)6)16(9-3)10-4;1-5-11(6-2)9-7-8-10(3)4;2*1-5-9(6-2)7-8(3)4;1-4-7(5-2)6-3;2*1-3-5-4-2;1-4(2)3-5;1-2-3;;;;;;;;;;;;/h12-14H,1-4,7-11H2,5-6H3;7-9H,1-2,5-6H2,3-4H3;2*7H,1-2,5-6H2,3-4H3;4H,1-3,5-6H2;2*5H,1-4H2;3-4H,1-2H3;2H,1H3;3*1H;;;;;;;;;/q-3;6*-2;;;;;;+3;;;;;;;;/p-1/b;9-7+;;;;;;;;;;;;;;;;;;;. The Bertz CT molecular complexity index is 1200. The number of hydrogen-bond donors (Lipinski definition) is 3. The van der Waals surface area contributed by atoms with Crippen molar-refractivity contribution in [2.24, 2.45) is 11.8 Å². The van der Waals surface area contributed by atoms with Crippen LogP contribution in [0.3, 0.4) is 0 Å². The summed E-state index contributed by atoms with van der Waals surface area (Å²) >= 11 is 7.39. The molecule has 82 heavy (non-hydrogen) atoms. The van der Waals surface area contributed by atoms with Crippen LogP contribution in [-0.4, -0.2) is 154 Å². The van der Waals surface area contributed by atoms with E-state index in [9.17, 15) is 4.79 Å². The first-order valence-corrected chi connectivity index (χ1v) is 38.7. The maximum absolute atomic E-state index is 9.50.